The van der Waals surface area contributed by atoms with E-state index < -0.39 is 11.6 Å². The van der Waals surface area contributed by atoms with E-state index in [2.05, 4.69) is 13.8 Å². The van der Waals surface area contributed by atoms with Crippen LogP contribution in [0.3, 0.4) is 0 Å². The van der Waals surface area contributed by atoms with Crippen molar-refractivity contribution in [3.8, 4) is 0 Å². The largest absolute Gasteiger partial charge is 0.285 e. The lowest BCUT2D eigenvalue weighted by Gasteiger charge is -2.10. The summed E-state index contributed by atoms with van der Waals surface area (Å²) in [5, 5.41) is 0. The maximum atomic E-state index is 12.4. The van der Waals surface area contributed by atoms with Crippen molar-refractivity contribution in [1.29, 1.82) is 0 Å². The van der Waals surface area contributed by atoms with Crippen LogP contribution in [-0.2, 0) is 6.42 Å². The fourth-order valence-corrected chi connectivity index (χ4v) is 2.20. The van der Waals surface area contributed by atoms with Crippen molar-refractivity contribution in [3.05, 3.63) is 71.3 Å². The van der Waals surface area contributed by atoms with E-state index in [1.165, 1.54) is 0 Å². The van der Waals surface area contributed by atoms with E-state index in [1.54, 1.807) is 36.4 Å². The lowest BCUT2D eigenvalue weighted by Crippen LogP contribution is -2.16. The molecule has 2 aromatic carbocycles. The first-order valence-electron chi connectivity index (χ1n) is 6.81. The van der Waals surface area contributed by atoms with Crippen molar-refractivity contribution in [2.45, 2.75) is 20.3 Å². The van der Waals surface area contributed by atoms with Gasteiger partial charge in [-0.25, -0.2) is 0 Å². The van der Waals surface area contributed by atoms with Crippen LogP contribution in [0.15, 0.2) is 54.6 Å². The standard InChI is InChI=1S/C18H18O2/c1-13(2)12-15-10-6-7-11-16(15)18(20)17(19)14-8-4-3-5-9-14/h3-11,13H,12H2,1-2H3. The Bertz CT molecular complexity index is 612. The number of carbonyl (C=O) groups is 2. The van der Waals surface area contributed by atoms with E-state index in [-0.39, 0.29) is 0 Å². The summed E-state index contributed by atoms with van der Waals surface area (Å²) in [7, 11) is 0. The van der Waals surface area contributed by atoms with Crippen molar-refractivity contribution in [3.63, 3.8) is 0 Å². The molecule has 0 aromatic heterocycles. The molecule has 102 valence electrons. The van der Waals surface area contributed by atoms with Gasteiger partial charge in [-0.3, -0.25) is 9.59 Å². The molecule has 0 radical (unpaired) electrons. The molecule has 0 N–H and O–H groups in total. The quantitative estimate of drug-likeness (QED) is 0.606. The molecule has 0 unspecified atom stereocenters. The normalized spacial score (nSPS) is 10.6. The zero-order valence-electron chi connectivity index (χ0n) is 11.8. The monoisotopic (exact) mass is 266 g/mol. The smallest absolute Gasteiger partial charge is 0.233 e. The molecule has 0 aliphatic heterocycles. The average molecular weight is 266 g/mol. The second-order valence-electron chi connectivity index (χ2n) is 5.28. The molecule has 0 bridgehead atoms. The fourth-order valence-electron chi connectivity index (χ4n) is 2.20. The number of hydrogen-bond acceptors (Lipinski definition) is 2. The van der Waals surface area contributed by atoms with Crippen molar-refractivity contribution in [2.24, 2.45) is 5.92 Å². The third-order valence-corrected chi connectivity index (χ3v) is 3.13. The van der Waals surface area contributed by atoms with Crippen LogP contribution in [-0.4, -0.2) is 11.6 Å². The first-order chi connectivity index (χ1) is 9.59. The van der Waals surface area contributed by atoms with Gasteiger partial charge in [0.15, 0.2) is 0 Å². The van der Waals surface area contributed by atoms with Crippen LogP contribution in [0, 0.1) is 5.92 Å². The number of rotatable bonds is 5. The zero-order chi connectivity index (χ0) is 14.5. The van der Waals surface area contributed by atoms with Gasteiger partial charge in [-0.05, 0) is 17.9 Å². The Labute approximate surface area is 119 Å². The van der Waals surface area contributed by atoms with Crippen LogP contribution in [0.4, 0.5) is 0 Å². The molecule has 0 amide bonds. The van der Waals surface area contributed by atoms with Gasteiger partial charge in [-0.1, -0.05) is 68.4 Å². The van der Waals surface area contributed by atoms with Crippen LogP contribution >= 0.6 is 0 Å². The van der Waals surface area contributed by atoms with Crippen LogP contribution in [0.2, 0.25) is 0 Å². The summed E-state index contributed by atoms with van der Waals surface area (Å²) < 4.78 is 0. The van der Waals surface area contributed by atoms with Crippen LogP contribution in [0.25, 0.3) is 0 Å². The van der Waals surface area contributed by atoms with Crippen LogP contribution in [0.1, 0.15) is 40.1 Å². The van der Waals surface area contributed by atoms with Crippen molar-refractivity contribution in [1.82, 2.24) is 0 Å². The molecular formula is C18H18O2. The maximum absolute atomic E-state index is 12.4. The molecule has 20 heavy (non-hydrogen) atoms. The molecule has 0 saturated carbocycles. The third-order valence-electron chi connectivity index (χ3n) is 3.13. The molecule has 0 atom stereocenters. The second kappa shape index (κ2) is 6.29. The predicted octanol–water partition coefficient (Wildman–Crippen LogP) is 3.95. The molecule has 0 aliphatic carbocycles. The Morgan fingerprint density at radius 2 is 1.45 bits per heavy atom. The van der Waals surface area contributed by atoms with E-state index in [0.717, 1.165) is 12.0 Å². The first kappa shape index (κ1) is 14.2. The number of carbonyl (C=O) groups excluding carboxylic acids is 2. The maximum Gasteiger partial charge on any atom is 0.233 e. The Kier molecular flexibility index (Phi) is 4.46. The third kappa shape index (κ3) is 3.21. The number of hydrogen-bond donors (Lipinski definition) is 0. The number of ketones is 2. The van der Waals surface area contributed by atoms with Gasteiger partial charge in [0.1, 0.15) is 0 Å². The van der Waals surface area contributed by atoms with E-state index in [4.69, 9.17) is 0 Å². The molecular weight excluding hydrogens is 248 g/mol. The fraction of sp³-hybridized carbons (Fsp3) is 0.222. The van der Waals surface area contributed by atoms with Crippen molar-refractivity contribution < 1.29 is 9.59 Å². The van der Waals surface area contributed by atoms with Gasteiger partial charge in [0.05, 0.1) is 0 Å². The topological polar surface area (TPSA) is 34.1 Å². The van der Waals surface area contributed by atoms with Gasteiger partial charge in [0, 0.05) is 11.1 Å². The zero-order valence-corrected chi connectivity index (χ0v) is 11.8. The Hall–Kier alpha value is -2.22. The molecule has 0 heterocycles. The minimum absolute atomic E-state index is 0.424. The SMILES string of the molecule is CC(C)Cc1ccccc1C(=O)C(=O)c1ccccc1. The van der Waals surface area contributed by atoms with Gasteiger partial charge in [0.2, 0.25) is 11.6 Å². The summed E-state index contributed by atoms with van der Waals surface area (Å²) >= 11 is 0. The lowest BCUT2D eigenvalue weighted by molar-refractivity contribution is 0.0816. The molecule has 2 heteroatoms. The van der Waals surface area contributed by atoms with E-state index in [9.17, 15) is 9.59 Å². The summed E-state index contributed by atoms with van der Waals surface area (Å²) in [6.45, 7) is 4.19. The molecule has 2 aromatic rings. The van der Waals surface area contributed by atoms with Gasteiger partial charge < -0.3 is 0 Å². The average Bonchev–Trinajstić information content (AvgIpc) is 2.46. The molecule has 2 nitrogen and oxygen atoms in total. The second-order valence-corrected chi connectivity index (χ2v) is 5.28. The van der Waals surface area contributed by atoms with Gasteiger partial charge in [-0.2, -0.15) is 0 Å². The lowest BCUT2D eigenvalue weighted by atomic mass is 9.93. The first-order valence-corrected chi connectivity index (χ1v) is 6.81. The van der Waals surface area contributed by atoms with E-state index in [1.807, 2.05) is 18.2 Å². The highest BCUT2D eigenvalue weighted by molar-refractivity contribution is 6.49. The molecule has 0 spiro atoms. The van der Waals surface area contributed by atoms with E-state index >= 15 is 0 Å². The Morgan fingerprint density at radius 3 is 2.10 bits per heavy atom. The van der Waals surface area contributed by atoms with Crippen molar-refractivity contribution in [2.75, 3.05) is 0 Å². The minimum atomic E-state index is -0.443. The van der Waals surface area contributed by atoms with Gasteiger partial charge >= 0.3 is 0 Å². The van der Waals surface area contributed by atoms with Gasteiger partial charge in [-0.15, -0.1) is 0 Å². The Balaban J connectivity index is 2.32. The van der Waals surface area contributed by atoms with Gasteiger partial charge in [0.25, 0.3) is 0 Å². The highest BCUT2D eigenvalue weighted by Crippen LogP contribution is 2.16. The highest BCUT2D eigenvalue weighted by Gasteiger charge is 2.20. The molecule has 0 fully saturated rings. The van der Waals surface area contributed by atoms with Crippen LogP contribution < -0.4 is 0 Å². The summed E-state index contributed by atoms with van der Waals surface area (Å²) in [6, 6.07) is 16.1. The summed E-state index contributed by atoms with van der Waals surface area (Å²) in [6.07, 6.45) is 0.796. The predicted molar refractivity (Wildman–Crippen MR) is 80.1 cm³/mol. The number of benzene rings is 2. The number of Topliss-reactive ketones (excluding diaryl/α,β-unsaturated/α-hetero) is 2. The summed E-state index contributed by atoms with van der Waals surface area (Å²) in [5.74, 6) is -0.426. The molecule has 0 aliphatic rings. The Morgan fingerprint density at radius 1 is 0.850 bits per heavy atom. The molecule has 0 saturated heterocycles. The molecule has 2 rings (SSSR count). The minimum Gasteiger partial charge on any atom is -0.285 e. The van der Waals surface area contributed by atoms with E-state index in [0.29, 0.717) is 17.0 Å². The summed E-state index contributed by atoms with van der Waals surface area (Å²) in [5.41, 5.74) is 1.91. The van der Waals surface area contributed by atoms with Crippen molar-refractivity contribution >= 4 is 11.6 Å². The van der Waals surface area contributed by atoms with Crippen LogP contribution in [0.5, 0.6) is 0 Å². The highest BCUT2D eigenvalue weighted by atomic mass is 16.2. The summed E-state index contributed by atoms with van der Waals surface area (Å²) in [4.78, 5) is 24.6.